The summed E-state index contributed by atoms with van der Waals surface area (Å²) in [6.07, 6.45) is 0. The summed E-state index contributed by atoms with van der Waals surface area (Å²) in [4.78, 5) is 0.0707. The Labute approximate surface area is 146 Å². The predicted octanol–water partition coefficient (Wildman–Crippen LogP) is 2.16. The third kappa shape index (κ3) is 5.58. The standard InChI is InChI=1S/C13H21BrN2O4S.ClH/c1-5-15-9(2)8-16-21(17,18)13-6-10(14)11(19-3)7-12(13)20-4;/h6-7,9,15-16H,5,8H2,1-4H3;1H/t9-;/m1./s1. The van der Waals surface area contributed by atoms with Crippen LogP contribution in [-0.2, 0) is 10.0 Å². The third-order valence-electron chi connectivity index (χ3n) is 2.86. The Bertz CT molecular complexity index is 584. The van der Waals surface area contributed by atoms with Crippen molar-refractivity contribution in [2.75, 3.05) is 27.3 Å². The van der Waals surface area contributed by atoms with Gasteiger partial charge in [-0.25, -0.2) is 13.1 Å². The zero-order chi connectivity index (χ0) is 16.0. The molecular weight excluding hydrogens is 396 g/mol. The van der Waals surface area contributed by atoms with E-state index in [-0.39, 0.29) is 29.1 Å². The molecule has 0 heterocycles. The Hall–Kier alpha value is -0.540. The summed E-state index contributed by atoms with van der Waals surface area (Å²) in [5, 5.41) is 3.14. The predicted molar refractivity (Wildman–Crippen MR) is 92.8 cm³/mol. The quantitative estimate of drug-likeness (QED) is 0.678. The van der Waals surface area contributed by atoms with Crippen LogP contribution in [0.4, 0.5) is 0 Å². The zero-order valence-corrected chi connectivity index (χ0v) is 16.2. The first-order chi connectivity index (χ1) is 9.85. The molecule has 9 heteroatoms. The number of rotatable bonds is 8. The fourth-order valence-electron chi connectivity index (χ4n) is 1.78. The number of methoxy groups -OCH3 is 2. The second-order valence-corrected chi connectivity index (χ2v) is 7.04. The van der Waals surface area contributed by atoms with E-state index in [1.807, 2.05) is 13.8 Å². The van der Waals surface area contributed by atoms with E-state index >= 15 is 0 Å². The molecule has 0 unspecified atom stereocenters. The number of halogens is 2. The number of hydrogen-bond donors (Lipinski definition) is 2. The first-order valence-corrected chi connectivity index (χ1v) is 8.77. The molecule has 0 spiro atoms. The molecule has 6 nitrogen and oxygen atoms in total. The Kier molecular flexibility index (Phi) is 9.33. The summed E-state index contributed by atoms with van der Waals surface area (Å²) in [5.74, 6) is 0.741. The molecule has 0 bridgehead atoms. The third-order valence-corrected chi connectivity index (χ3v) is 4.92. The number of hydrogen-bond acceptors (Lipinski definition) is 5. The van der Waals surface area contributed by atoms with Crippen molar-refractivity contribution in [2.45, 2.75) is 24.8 Å². The summed E-state index contributed by atoms with van der Waals surface area (Å²) in [5.41, 5.74) is 0. The van der Waals surface area contributed by atoms with Crippen LogP contribution in [0.25, 0.3) is 0 Å². The lowest BCUT2D eigenvalue weighted by Crippen LogP contribution is -2.38. The summed E-state index contributed by atoms with van der Waals surface area (Å²) in [6, 6.07) is 3.04. The van der Waals surface area contributed by atoms with Crippen molar-refractivity contribution in [3.63, 3.8) is 0 Å². The van der Waals surface area contributed by atoms with E-state index in [9.17, 15) is 8.42 Å². The van der Waals surface area contributed by atoms with Gasteiger partial charge in [0.15, 0.2) is 0 Å². The van der Waals surface area contributed by atoms with Crippen molar-refractivity contribution in [3.8, 4) is 11.5 Å². The van der Waals surface area contributed by atoms with Crippen LogP contribution in [0.1, 0.15) is 13.8 Å². The van der Waals surface area contributed by atoms with Gasteiger partial charge in [0.2, 0.25) is 10.0 Å². The summed E-state index contributed by atoms with van der Waals surface area (Å²) < 4.78 is 38.2. The lowest BCUT2D eigenvalue weighted by atomic mass is 10.3. The second-order valence-electron chi connectivity index (χ2n) is 4.45. The van der Waals surface area contributed by atoms with Crippen molar-refractivity contribution >= 4 is 38.4 Å². The highest BCUT2D eigenvalue weighted by Crippen LogP contribution is 2.35. The number of nitrogens with one attached hydrogen (secondary N) is 2. The van der Waals surface area contributed by atoms with Gasteiger partial charge in [-0.1, -0.05) is 6.92 Å². The average Bonchev–Trinajstić information content (AvgIpc) is 2.45. The molecule has 1 aromatic rings. The zero-order valence-electron chi connectivity index (χ0n) is 13.0. The molecule has 0 aliphatic rings. The Morgan fingerprint density at radius 1 is 1.23 bits per heavy atom. The van der Waals surface area contributed by atoms with Gasteiger partial charge in [0, 0.05) is 18.7 Å². The molecule has 0 aliphatic carbocycles. The van der Waals surface area contributed by atoms with E-state index in [4.69, 9.17) is 9.47 Å². The summed E-state index contributed by atoms with van der Waals surface area (Å²) >= 11 is 3.28. The fourth-order valence-corrected chi connectivity index (χ4v) is 3.74. The van der Waals surface area contributed by atoms with Gasteiger partial charge in [-0.15, -0.1) is 12.4 Å². The molecule has 0 amide bonds. The van der Waals surface area contributed by atoms with Crippen LogP contribution in [0.5, 0.6) is 11.5 Å². The van der Waals surface area contributed by atoms with Crippen molar-refractivity contribution in [2.24, 2.45) is 0 Å². The lowest BCUT2D eigenvalue weighted by molar-refractivity contribution is 0.384. The molecule has 1 rings (SSSR count). The highest BCUT2D eigenvalue weighted by molar-refractivity contribution is 9.10. The van der Waals surface area contributed by atoms with Gasteiger partial charge >= 0.3 is 0 Å². The minimum absolute atomic E-state index is 0. The SMILES string of the molecule is CCN[C@H](C)CNS(=O)(=O)c1cc(Br)c(OC)cc1OC.Cl. The van der Waals surface area contributed by atoms with E-state index in [0.29, 0.717) is 16.8 Å². The Morgan fingerprint density at radius 3 is 2.32 bits per heavy atom. The molecule has 0 radical (unpaired) electrons. The first-order valence-electron chi connectivity index (χ1n) is 6.50. The summed E-state index contributed by atoms with van der Waals surface area (Å²) in [7, 11) is -0.741. The molecule has 1 atom stereocenters. The van der Waals surface area contributed by atoms with Gasteiger partial charge in [-0.2, -0.15) is 0 Å². The van der Waals surface area contributed by atoms with Gasteiger partial charge in [0.25, 0.3) is 0 Å². The van der Waals surface area contributed by atoms with Crippen molar-refractivity contribution in [1.82, 2.24) is 10.0 Å². The lowest BCUT2D eigenvalue weighted by Gasteiger charge is -2.16. The maximum Gasteiger partial charge on any atom is 0.244 e. The van der Waals surface area contributed by atoms with Gasteiger partial charge < -0.3 is 14.8 Å². The van der Waals surface area contributed by atoms with Crippen molar-refractivity contribution in [3.05, 3.63) is 16.6 Å². The van der Waals surface area contributed by atoms with Crippen molar-refractivity contribution < 1.29 is 17.9 Å². The normalized spacial score (nSPS) is 12.4. The topological polar surface area (TPSA) is 76.7 Å². The van der Waals surface area contributed by atoms with Gasteiger partial charge in [-0.05, 0) is 35.5 Å². The van der Waals surface area contributed by atoms with Crippen LogP contribution in [0.3, 0.4) is 0 Å². The number of benzene rings is 1. The molecule has 0 aliphatic heterocycles. The minimum atomic E-state index is -3.66. The number of sulfonamides is 1. The number of likely N-dealkylation sites (N-methyl/N-ethyl adjacent to an activating group) is 1. The largest absolute Gasteiger partial charge is 0.495 e. The van der Waals surface area contributed by atoms with Gasteiger partial charge in [0.05, 0.1) is 18.7 Å². The van der Waals surface area contributed by atoms with E-state index < -0.39 is 10.0 Å². The monoisotopic (exact) mass is 416 g/mol. The van der Waals surface area contributed by atoms with E-state index in [0.717, 1.165) is 6.54 Å². The smallest absolute Gasteiger partial charge is 0.244 e. The van der Waals surface area contributed by atoms with Gasteiger partial charge in [0.1, 0.15) is 16.4 Å². The maximum absolute atomic E-state index is 12.4. The summed E-state index contributed by atoms with van der Waals surface area (Å²) in [6.45, 7) is 4.95. The molecule has 0 saturated heterocycles. The second kappa shape index (κ2) is 9.57. The van der Waals surface area contributed by atoms with Crippen LogP contribution in [0, 0.1) is 0 Å². The molecule has 0 aromatic heterocycles. The average molecular weight is 418 g/mol. The molecule has 0 fully saturated rings. The Balaban J connectivity index is 0.00000441. The van der Waals surface area contributed by atoms with Crippen LogP contribution >= 0.6 is 28.3 Å². The molecule has 128 valence electrons. The first kappa shape index (κ1) is 21.5. The highest BCUT2D eigenvalue weighted by atomic mass is 79.9. The Morgan fingerprint density at radius 2 is 1.82 bits per heavy atom. The van der Waals surface area contributed by atoms with Gasteiger partial charge in [-0.3, -0.25) is 0 Å². The molecular formula is C13H22BrClN2O4S. The molecule has 1 aromatic carbocycles. The maximum atomic E-state index is 12.4. The minimum Gasteiger partial charge on any atom is -0.495 e. The molecule has 0 saturated carbocycles. The van der Waals surface area contributed by atoms with E-state index in [1.54, 1.807) is 0 Å². The van der Waals surface area contributed by atoms with Crippen LogP contribution in [-0.4, -0.2) is 41.8 Å². The van der Waals surface area contributed by atoms with E-state index in [2.05, 4.69) is 26.0 Å². The highest BCUT2D eigenvalue weighted by Gasteiger charge is 2.22. The molecule has 2 N–H and O–H groups in total. The van der Waals surface area contributed by atoms with E-state index in [1.165, 1.54) is 26.4 Å². The van der Waals surface area contributed by atoms with Crippen LogP contribution in [0.2, 0.25) is 0 Å². The van der Waals surface area contributed by atoms with Crippen molar-refractivity contribution in [1.29, 1.82) is 0 Å². The van der Waals surface area contributed by atoms with Crippen LogP contribution < -0.4 is 19.5 Å². The van der Waals surface area contributed by atoms with Crippen LogP contribution in [0.15, 0.2) is 21.5 Å². The number of ether oxygens (including phenoxy) is 2. The molecule has 22 heavy (non-hydrogen) atoms. The fraction of sp³-hybridized carbons (Fsp3) is 0.538.